The lowest BCUT2D eigenvalue weighted by Crippen LogP contribution is -2.19. The predicted molar refractivity (Wildman–Crippen MR) is 70.4 cm³/mol. The summed E-state index contributed by atoms with van der Waals surface area (Å²) in [5.41, 5.74) is 0.461. The van der Waals surface area contributed by atoms with E-state index in [0.717, 1.165) is 0 Å². The fourth-order valence-corrected chi connectivity index (χ4v) is 1.55. The fraction of sp³-hybridized carbons (Fsp3) is 0.231. The van der Waals surface area contributed by atoms with Gasteiger partial charge in [0, 0.05) is 5.56 Å². The molecule has 0 bridgehead atoms. The molecule has 0 amide bonds. The number of hydrogen-bond donors (Lipinski definition) is 1. The van der Waals surface area contributed by atoms with Crippen molar-refractivity contribution in [3.8, 4) is 18.0 Å². The zero-order valence-corrected chi connectivity index (χ0v) is 11.4. The lowest BCUT2D eigenvalue weighted by atomic mass is 10.1. The Balaban J connectivity index is 2.31. The molecule has 1 atom stereocenters. The first-order valence-corrected chi connectivity index (χ1v) is 5.92. The zero-order chi connectivity index (χ0) is 15.2. The molecule has 0 radical (unpaired) electrons. The van der Waals surface area contributed by atoms with Crippen LogP contribution >= 0.6 is 0 Å². The number of aliphatic carboxylic acids is 1. The first kappa shape index (κ1) is 14.5. The molecule has 8 heteroatoms. The number of aromatic nitrogens is 3. The minimum atomic E-state index is -1.25. The zero-order valence-electron chi connectivity index (χ0n) is 11.4. The van der Waals surface area contributed by atoms with Crippen LogP contribution in [-0.2, 0) is 4.79 Å². The van der Waals surface area contributed by atoms with Crippen LogP contribution in [0.2, 0.25) is 0 Å². The van der Waals surface area contributed by atoms with Crippen LogP contribution in [0.4, 0.5) is 0 Å². The number of benzene rings is 1. The van der Waals surface area contributed by atoms with Crippen LogP contribution in [0.25, 0.3) is 0 Å². The van der Waals surface area contributed by atoms with Crippen molar-refractivity contribution in [2.45, 2.75) is 6.10 Å². The number of hydrogen-bond acceptors (Lipinski definition) is 7. The van der Waals surface area contributed by atoms with Gasteiger partial charge < -0.3 is 19.3 Å². The van der Waals surface area contributed by atoms with E-state index in [1.165, 1.54) is 14.2 Å². The first-order valence-electron chi connectivity index (χ1n) is 5.92. The highest BCUT2D eigenvalue weighted by molar-refractivity contribution is 5.74. The molecular formula is C13H13N3O5. The molecule has 110 valence electrons. The van der Waals surface area contributed by atoms with Crippen LogP contribution in [0, 0.1) is 0 Å². The highest BCUT2D eigenvalue weighted by Gasteiger charge is 2.24. The van der Waals surface area contributed by atoms with Gasteiger partial charge in [-0.3, -0.25) is 0 Å². The minimum absolute atomic E-state index is 0.0333. The van der Waals surface area contributed by atoms with Gasteiger partial charge in [0.15, 0.2) is 0 Å². The van der Waals surface area contributed by atoms with Crippen LogP contribution in [0.3, 0.4) is 0 Å². The standard InChI is InChI=1S/C13H13N3O5/c1-19-11-14-12(20-2)16-13(15-11)21-9(10(17)18)8-6-4-3-5-7-8/h3-7,9H,1-2H3,(H,17,18). The Morgan fingerprint density at radius 2 is 1.52 bits per heavy atom. The second-order valence-corrected chi connectivity index (χ2v) is 3.84. The van der Waals surface area contributed by atoms with Gasteiger partial charge in [-0.15, -0.1) is 15.0 Å². The Morgan fingerprint density at radius 3 is 2.00 bits per heavy atom. The summed E-state index contributed by atoms with van der Waals surface area (Å²) in [6.07, 6.45) is -1.25. The molecule has 1 aromatic heterocycles. The summed E-state index contributed by atoms with van der Waals surface area (Å²) >= 11 is 0. The SMILES string of the molecule is COc1nc(OC)nc(OC(C(=O)O)c2ccccc2)n1. The van der Waals surface area contributed by atoms with Gasteiger partial charge in [0.1, 0.15) is 0 Å². The van der Waals surface area contributed by atoms with Crippen LogP contribution < -0.4 is 14.2 Å². The normalized spacial score (nSPS) is 11.5. The third-order valence-electron chi connectivity index (χ3n) is 2.49. The number of carboxylic acids is 1. The quantitative estimate of drug-likeness (QED) is 0.843. The summed E-state index contributed by atoms with van der Waals surface area (Å²) in [4.78, 5) is 22.8. The van der Waals surface area contributed by atoms with E-state index in [2.05, 4.69) is 15.0 Å². The van der Waals surface area contributed by atoms with E-state index in [9.17, 15) is 9.90 Å². The highest BCUT2D eigenvalue weighted by Crippen LogP contribution is 2.22. The first-order chi connectivity index (χ1) is 10.1. The largest absolute Gasteiger partial charge is 0.478 e. The van der Waals surface area contributed by atoms with Crippen molar-refractivity contribution in [3.63, 3.8) is 0 Å². The molecule has 0 spiro atoms. The Labute approximate surface area is 120 Å². The lowest BCUT2D eigenvalue weighted by molar-refractivity contribution is -0.145. The summed E-state index contributed by atoms with van der Waals surface area (Å²) in [5.74, 6) is -1.17. The molecule has 0 aliphatic heterocycles. The highest BCUT2D eigenvalue weighted by atomic mass is 16.5. The maximum absolute atomic E-state index is 11.4. The van der Waals surface area contributed by atoms with Gasteiger partial charge in [0.05, 0.1) is 14.2 Å². The molecule has 1 heterocycles. The van der Waals surface area contributed by atoms with Crippen LogP contribution in [0.5, 0.6) is 18.0 Å². The van der Waals surface area contributed by atoms with Crippen molar-refractivity contribution in [1.29, 1.82) is 0 Å². The van der Waals surface area contributed by atoms with Gasteiger partial charge in [-0.25, -0.2) is 4.79 Å². The molecule has 0 saturated carbocycles. The van der Waals surface area contributed by atoms with E-state index in [-0.39, 0.29) is 18.0 Å². The van der Waals surface area contributed by atoms with Gasteiger partial charge in [-0.1, -0.05) is 30.3 Å². The number of ether oxygens (including phenoxy) is 3. The van der Waals surface area contributed by atoms with E-state index in [1.807, 2.05) is 0 Å². The molecule has 0 fully saturated rings. The van der Waals surface area contributed by atoms with Gasteiger partial charge in [-0.2, -0.15) is 0 Å². The molecule has 21 heavy (non-hydrogen) atoms. The van der Waals surface area contributed by atoms with E-state index in [0.29, 0.717) is 5.56 Å². The molecule has 1 aromatic carbocycles. The molecule has 8 nitrogen and oxygen atoms in total. The molecule has 2 aromatic rings. The number of carboxylic acid groups (broad SMARTS) is 1. The third-order valence-corrected chi connectivity index (χ3v) is 2.49. The Kier molecular flexibility index (Phi) is 4.50. The Morgan fingerprint density at radius 1 is 1.00 bits per heavy atom. The molecule has 1 N–H and O–H groups in total. The van der Waals surface area contributed by atoms with Crippen LogP contribution in [0.15, 0.2) is 30.3 Å². The summed E-state index contributed by atoms with van der Waals surface area (Å²) in [7, 11) is 2.73. The van der Waals surface area contributed by atoms with E-state index in [1.54, 1.807) is 30.3 Å². The minimum Gasteiger partial charge on any atom is -0.478 e. The molecule has 0 aliphatic carbocycles. The summed E-state index contributed by atoms with van der Waals surface area (Å²) in [6, 6.07) is 8.20. The number of nitrogens with zero attached hydrogens (tertiary/aromatic N) is 3. The lowest BCUT2D eigenvalue weighted by Gasteiger charge is -2.14. The summed E-state index contributed by atoms with van der Waals surface area (Å²) < 4.78 is 15.1. The monoisotopic (exact) mass is 291 g/mol. The second-order valence-electron chi connectivity index (χ2n) is 3.84. The number of methoxy groups -OCH3 is 2. The molecule has 0 saturated heterocycles. The molecule has 0 aliphatic rings. The average Bonchev–Trinajstić information content (AvgIpc) is 2.52. The van der Waals surface area contributed by atoms with Crippen molar-refractivity contribution >= 4 is 5.97 Å². The average molecular weight is 291 g/mol. The number of rotatable bonds is 6. The predicted octanol–water partition coefficient (Wildman–Crippen LogP) is 1.09. The smallest absolute Gasteiger partial charge is 0.349 e. The molecule has 2 rings (SSSR count). The van der Waals surface area contributed by atoms with E-state index >= 15 is 0 Å². The van der Waals surface area contributed by atoms with Gasteiger partial charge in [0.25, 0.3) is 0 Å². The second kappa shape index (κ2) is 6.51. The maximum atomic E-state index is 11.4. The van der Waals surface area contributed by atoms with Gasteiger partial charge in [0.2, 0.25) is 6.10 Å². The Hall–Kier alpha value is -2.90. The van der Waals surface area contributed by atoms with Crippen molar-refractivity contribution in [1.82, 2.24) is 15.0 Å². The molecular weight excluding hydrogens is 278 g/mol. The van der Waals surface area contributed by atoms with Crippen molar-refractivity contribution in [2.75, 3.05) is 14.2 Å². The Bertz CT molecular complexity index is 598. The van der Waals surface area contributed by atoms with Gasteiger partial charge in [-0.05, 0) is 0 Å². The molecule has 1 unspecified atom stereocenters. The number of carbonyl (C=O) groups is 1. The summed E-state index contributed by atoms with van der Waals surface area (Å²) in [5, 5.41) is 9.28. The van der Waals surface area contributed by atoms with Crippen LogP contribution in [-0.4, -0.2) is 40.2 Å². The topological polar surface area (TPSA) is 104 Å². The van der Waals surface area contributed by atoms with Crippen molar-refractivity contribution in [2.24, 2.45) is 0 Å². The third kappa shape index (κ3) is 3.56. The van der Waals surface area contributed by atoms with E-state index < -0.39 is 12.1 Å². The van der Waals surface area contributed by atoms with Gasteiger partial charge >= 0.3 is 24.0 Å². The van der Waals surface area contributed by atoms with Crippen molar-refractivity contribution < 1.29 is 24.1 Å². The van der Waals surface area contributed by atoms with E-state index in [4.69, 9.17) is 14.2 Å². The summed E-state index contributed by atoms with van der Waals surface area (Å²) in [6.45, 7) is 0. The maximum Gasteiger partial charge on any atom is 0.349 e. The van der Waals surface area contributed by atoms with Crippen molar-refractivity contribution in [3.05, 3.63) is 35.9 Å². The fourth-order valence-electron chi connectivity index (χ4n) is 1.55. The van der Waals surface area contributed by atoms with Crippen LogP contribution in [0.1, 0.15) is 11.7 Å².